The lowest BCUT2D eigenvalue weighted by atomic mass is 10.0. The first kappa shape index (κ1) is 13.1. The summed E-state index contributed by atoms with van der Waals surface area (Å²) >= 11 is 12.1. The van der Waals surface area contributed by atoms with Gasteiger partial charge in [0.15, 0.2) is 0 Å². The molecule has 1 aliphatic rings. The van der Waals surface area contributed by atoms with Crippen LogP contribution < -0.4 is 0 Å². The Bertz CT molecular complexity index is 566. The van der Waals surface area contributed by atoms with E-state index in [1.807, 2.05) is 32.1 Å². The van der Waals surface area contributed by atoms with E-state index in [4.69, 9.17) is 28.6 Å². The van der Waals surface area contributed by atoms with Gasteiger partial charge in [0.2, 0.25) is 0 Å². The molecule has 0 saturated carbocycles. The van der Waals surface area contributed by atoms with Crippen molar-refractivity contribution in [2.24, 2.45) is 4.99 Å². The Hall–Kier alpha value is -1.38. The molecular weight excluding hydrogens is 267 g/mol. The van der Waals surface area contributed by atoms with Gasteiger partial charge in [0.05, 0.1) is 27.2 Å². The Morgan fingerprint density at radius 2 is 1.83 bits per heavy atom. The van der Waals surface area contributed by atoms with Crippen molar-refractivity contribution >= 4 is 40.3 Å². The highest BCUT2D eigenvalue weighted by Gasteiger charge is 2.12. The molecule has 0 atom stereocenters. The van der Waals surface area contributed by atoms with Crippen LogP contribution in [-0.4, -0.2) is 11.4 Å². The van der Waals surface area contributed by atoms with Crippen molar-refractivity contribution in [2.45, 2.75) is 13.8 Å². The Kier molecular flexibility index (Phi) is 3.69. The Balaban J connectivity index is 2.50. The molecule has 1 aromatic rings. The lowest BCUT2D eigenvalue weighted by molar-refractivity contribution is 1.39. The van der Waals surface area contributed by atoms with Crippen molar-refractivity contribution < 1.29 is 0 Å². The molecule has 0 fully saturated rings. The second kappa shape index (κ2) is 5.09. The molecule has 0 heterocycles. The van der Waals surface area contributed by atoms with Gasteiger partial charge in [-0.15, -0.1) is 0 Å². The smallest absolute Gasteiger partial charge is 0.0852 e. The van der Waals surface area contributed by atoms with Gasteiger partial charge in [-0.05, 0) is 43.2 Å². The molecule has 2 nitrogen and oxygen atoms in total. The number of hydrogen-bond acceptors (Lipinski definition) is 2. The van der Waals surface area contributed by atoms with E-state index in [9.17, 15) is 0 Å². The van der Waals surface area contributed by atoms with Crippen molar-refractivity contribution in [3.05, 3.63) is 51.5 Å². The zero-order chi connectivity index (χ0) is 13.3. The molecule has 0 amide bonds. The van der Waals surface area contributed by atoms with Crippen LogP contribution in [-0.2, 0) is 0 Å². The van der Waals surface area contributed by atoms with Gasteiger partial charge in [-0.25, -0.2) is 4.99 Å². The van der Waals surface area contributed by atoms with Crippen molar-refractivity contribution in [1.29, 1.82) is 5.41 Å². The minimum atomic E-state index is 0.339. The molecule has 0 aromatic heterocycles. The summed E-state index contributed by atoms with van der Waals surface area (Å²) in [7, 11) is 0. The standard InChI is InChI=1S/C14H12Cl2N2/c1-8-4-3-5-11(15)14(8)18-10-6-9(2)13(17)12(16)7-10/h3-7,17H,1-2H3. The zero-order valence-electron chi connectivity index (χ0n) is 10.1. The fourth-order valence-electron chi connectivity index (χ4n) is 1.68. The van der Waals surface area contributed by atoms with Crippen LogP contribution in [0.15, 0.2) is 45.9 Å². The minimum Gasteiger partial charge on any atom is -0.299 e. The summed E-state index contributed by atoms with van der Waals surface area (Å²) in [4.78, 5) is 4.50. The molecule has 92 valence electrons. The van der Waals surface area contributed by atoms with Gasteiger partial charge in [-0.3, -0.25) is 5.41 Å². The van der Waals surface area contributed by atoms with E-state index >= 15 is 0 Å². The summed E-state index contributed by atoms with van der Waals surface area (Å²) in [5, 5.41) is 8.72. The molecule has 2 rings (SSSR count). The largest absolute Gasteiger partial charge is 0.299 e. The Morgan fingerprint density at radius 1 is 1.11 bits per heavy atom. The molecule has 1 aliphatic carbocycles. The molecule has 1 aromatic carbocycles. The summed E-state index contributed by atoms with van der Waals surface area (Å²) in [6.07, 6.45) is 3.51. The van der Waals surface area contributed by atoms with Crippen LogP contribution in [0.3, 0.4) is 0 Å². The monoisotopic (exact) mass is 278 g/mol. The molecule has 0 spiro atoms. The van der Waals surface area contributed by atoms with Crippen molar-refractivity contribution in [3.63, 3.8) is 0 Å². The van der Waals surface area contributed by atoms with E-state index in [1.54, 1.807) is 12.1 Å². The maximum absolute atomic E-state index is 7.71. The number of para-hydroxylation sites is 1. The van der Waals surface area contributed by atoms with Gasteiger partial charge in [0.1, 0.15) is 0 Å². The van der Waals surface area contributed by atoms with Gasteiger partial charge >= 0.3 is 0 Å². The lowest BCUT2D eigenvalue weighted by Crippen LogP contribution is -2.08. The number of aliphatic imine (C=N–C) groups is 1. The minimum absolute atomic E-state index is 0.339. The molecule has 18 heavy (non-hydrogen) atoms. The number of nitrogens with zero attached hydrogens (tertiary/aromatic N) is 1. The number of benzene rings is 1. The second-order valence-electron chi connectivity index (χ2n) is 4.14. The van der Waals surface area contributed by atoms with Gasteiger partial charge in [0.25, 0.3) is 0 Å². The van der Waals surface area contributed by atoms with Crippen LogP contribution in [0.5, 0.6) is 0 Å². The molecule has 0 bridgehead atoms. The van der Waals surface area contributed by atoms with Crippen molar-refractivity contribution in [3.8, 4) is 0 Å². The molecular formula is C14H12Cl2N2. The maximum Gasteiger partial charge on any atom is 0.0852 e. The predicted molar refractivity (Wildman–Crippen MR) is 78.7 cm³/mol. The third-order valence-electron chi connectivity index (χ3n) is 2.70. The quantitative estimate of drug-likeness (QED) is 0.715. The number of hydrogen-bond donors (Lipinski definition) is 1. The highest BCUT2D eigenvalue weighted by molar-refractivity contribution is 6.48. The van der Waals surface area contributed by atoms with E-state index in [1.165, 1.54) is 0 Å². The zero-order valence-corrected chi connectivity index (χ0v) is 11.6. The second-order valence-corrected chi connectivity index (χ2v) is 4.95. The molecule has 1 N–H and O–H groups in total. The third-order valence-corrected chi connectivity index (χ3v) is 3.30. The van der Waals surface area contributed by atoms with Crippen molar-refractivity contribution in [2.75, 3.05) is 0 Å². The van der Waals surface area contributed by atoms with Gasteiger partial charge < -0.3 is 0 Å². The summed E-state index contributed by atoms with van der Waals surface area (Å²) < 4.78 is 0. The van der Waals surface area contributed by atoms with Crippen molar-refractivity contribution in [1.82, 2.24) is 0 Å². The number of allylic oxidation sites excluding steroid dienone is 4. The summed E-state index contributed by atoms with van der Waals surface area (Å²) in [5.41, 5.74) is 3.60. The summed E-state index contributed by atoms with van der Waals surface area (Å²) in [5.74, 6) is 0. The van der Waals surface area contributed by atoms with Crippen LogP contribution in [0.1, 0.15) is 12.5 Å². The molecule has 4 heteroatoms. The topological polar surface area (TPSA) is 36.2 Å². The lowest BCUT2D eigenvalue weighted by Gasteiger charge is -2.11. The first-order chi connectivity index (χ1) is 8.49. The van der Waals surface area contributed by atoms with Crippen LogP contribution in [0.4, 0.5) is 5.69 Å². The van der Waals surface area contributed by atoms with Crippen LogP contribution in [0, 0.1) is 12.3 Å². The molecule has 0 radical (unpaired) electrons. The first-order valence-electron chi connectivity index (χ1n) is 5.47. The average molecular weight is 279 g/mol. The highest BCUT2D eigenvalue weighted by atomic mass is 35.5. The number of aryl methyl sites for hydroxylation is 1. The normalized spacial score (nSPS) is 17.8. The Labute approximate surface area is 116 Å². The van der Waals surface area contributed by atoms with E-state index in [0.717, 1.165) is 16.8 Å². The van der Waals surface area contributed by atoms with Gasteiger partial charge in [0, 0.05) is 0 Å². The highest BCUT2D eigenvalue weighted by Crippen LogP contribution is 2.29. The van der Waals surface area contributed by atoms with Crippen LogP contribution in [0.25, 0.3) is 0 Å². The SMILES string of the molecule is CC1=CC(=Nc2c(C)cccc2Cl)C=C(Cl)C1=N. The summed E-state index contributed by atoms with van der Waals surface area (Å²) in [6.45, 7) is 3.80. The van der Waals surface area contributed by atoms with E-state index < -0.39 is 0 Å². The molecule has 0 unspecified atom stereocenters. The first-order valence-corrected chi connectivity index (χ1v) is 6.23. The fraction of sp³-hybridized carbons (Fsp3) is 0.143. The van der Waals surface area contributed by atoms with E-state index in [0.29, 0.717) is 21.5 Å². The third kappa shape index (κ3) is 2.55. The van der Waals surface area contributed by atoms with Gasteiger partial charge in [-0.2, -0.15) is 0 Å². The predicted octanol–water partition coefficient (Wildman–Crippen LogP) is 4.82. The van der Waals surface area contributed by atoms with Gasteiger partial charge in [-0.1, -0.05) is 35.3 Å². The Morgan fingerprint density at radius 3 is 2.44 bits per heavy atom. The number of halogens is 2. The van der Waals surface area contributed by atoms with Crippen LogP contribution in [0.2, 0.25) is 5.02 Å². The van der Waals surface area contributed by atoms with Crippen LogP contribution >= 0.6 is 23.2 Å². The number of nitrogens with one attached hydrogen (secondary N) is 1. The summed E-state index contributed by atoms with van der Waals surface area (Å²) in [6, 6.07) is 5.65. The fourth-order valence-corrected chi connectivity index (χ4v) is 2.21. The molecule has 0 saturated heterocycles. The van der Waals surface area contributed by atoms with E-state index in [2.05, 4.69) is 4.99 Å². The molecule has 0 aliphatic heterocycles. The number of rotatable bonds is 1. The maximum atomic E-state index is 7.71. The average Bonchev–Trinajstić information content (AvgIpc) is 2.31. The van der Waals surface area contributed by atoms with E-state index in [-0.39, 0.29) is 0 Å².